The number of hydrogen-bond acceptors (Lipinski definition) is 3. The summed E-state index contributed by atoms with van der Waals surface area (Å²) in [6.07, 6.45) is 4.57. The first-order valence-electron chi connectivity index (χ1n) is 8.23. The molecule has 0 aliphatic carbocycles. The van der Waals surface area contributed by atoms with Gasteiger partial charge in [0, 0.05) is 6.61 Å². The van der Waals surface area contributed by atoms with Crippen LogP contribution in [0.3, 0.4) is 0 Å². The Labute approximate surface area is 142 Å². The summed E-state index contributed by atoms with van der Waals surface area (Å²) >= 11 is 0. The van der Waals surface area contributed by atoms with E-state index in [1.54, 1.807) is 12.1 Å². The van der Waals surface area contributed by atoms with Crippen LogP contribution in [0, 0.1) is 0 Å². The molecule has 2 N–H and O–H groups in total. The topological polar surface area (TPSA) is 66.8 Å². The first-order valence-corrected chi connectivity index (χ1v) is 8.23. The van der Waals surface area contributed by atoms with Crippen molar-refractivity contribution in [3.63, 3.8) is 0 Å². The van der Waals surface area contributed by atoms with E-state index in [0.717, 1.165) is 37.7 Å². The summed E-state index contributed by atoms with van der Waals surface area (Å²) in [5, 5.41) is 17.9. The second-order valence-electron chi connectivity index (χ2n) is 5.84. The molecule has 0 heterocycles. The van der Waals surface area contributed by atoms with Crippen LogP contribution < -0.4 is 4.74 Å². The highest BCUT2D eigenvalue weighted by Crippen LogP contribution is 2.21. The average Bonchev–Trinajstić information content (AvgIpc) is 2.60. The van der Waals surface area contributed by atoms with Crippen LogP contribution in [0.1, 0.15) is 39.9 Å². The minimum Gasteiger partial charge on any atom is -0.496 e. The summed E-state index contributed by atoms with van der Waals surface area (Å²) in [6.45, 7) is 0.252. The van der Waals surface area contributed by atoms with Gasteiger partial charge in [0.15, 0.2) is 0 Å². The normalized spacial score (nSPS) is 10.6. The molecule has 0 bridgehead atoms. The number of methoxy groups -OCH3 is 1. The number of aryl methyl sites for hydroxylation is 3. The lowest BCUT2D eigenvalue weighted by atomic mass is 10.0. The lowest BCUT2D eigenvalue weighted by molar-refractivity contribution is 0.0693. The molecule has 0 unspecified atom stereocenters. The number of aromatic carboxylic acids is 1. The second-order valence-corrected chi connectivity index (χ2v) is 5.84. The van der Waals surface area contributed by atoms with Gasteiger partial charge in [-0.05, 0) is 60.9 Å². The predicted molar refractivity (Wildman–Crippen MR) is 93.8 cm³/mol. The number of carboxylic acid groups (broad SMARTS) is 1. The van der Waals surface area contributed by atoms with Gasteiger partial charge in [0.05, 0.1) is 7.11 Å². The van der Waals surface area contributed by atoms with Crippen LogP contribution in [0.5, 0.6) is 5.75 Å². The zero-order chi connectivity index (χ0) is 17.4. The molecule has 2 aromatic carbocycles. The van der Waals surface area contributed by atoms with Gasteiger partial charge in [-0.1, -0.05) is 30.3 Å². The van der Waals surface area contributed by atoms with Gasteiger partial charge in [-0.3, -0.25) is 0 Å². The van der Waals surface area contributed by atoms with E-state index in [2.05, 4.69) is 24.3 Å². The Morgan fingerprint density at radius 3 is 2.08 bits per heavy atom. The summed E-state index contributed by atoms with van der Waals surface area (Å²) in [7, 11) is 1.49. The number of aliphatic hydroxyl groups excluding tert-OH is 1. The van der Waals surface area contributed by atoms with E-state index < -0.39 is 5.97 Å². The Bertz CT molecular complexity index is 662. The number of carboxylic acids is 1. The number of unbranched alkanes of at least 4 members (excludes halogenated alkanes) is 1. The van der Waals surface area contributed by atoms with Crippen LogP contribution in [0.15, 0.2) is 42.5 Å². The SMILES string of the molecule is COc1cc(CCc2ccc(CCCCO)cc2)ccc1C(=O)O. The van der Waals surface area contributed by atoms with Gasteiger partial charge in [-0.25, -0.2) is 4.79 Å². The van der Waals surface area contributed by atoms with Crippen LogP contribution in [0.2, 0.25) is 0 Å². The molecule has 0 saturated heterocycles. The quantitative estimate of drug-likeness (QED) is 0.692. The van der Waals surface area contributed by atoms with E-state index in [0.29, 0.717) is 5.75 Å². The Morgan fingerprint density at radius 2 is 1.50 bits per heavy atom. The van der Waals surface area contributed by atoms with Gasteiger partial charge in [0.25, 0.3) is 0 Å². The van der Waals surface area contributed by atoms with Crippen LogP contribution >= 0.6 is 0 Å². The Morgan fingerprint density at radius 1 is 0.917 bits per heavy atom. The third-order valence-corrected chi connectivity index (χ3v) is 4.10. The van der Waals surface area contributed by atoms with Crippen molar-refractivity contribution in [3.05, 3.63) is 64.7 Å². The highest BCUT2D eigenvalue weighted by Gasteiger charge is 2.11. The largest absolute Gasteiger partial charge is 0.496 e. The number of aliphatic hydroxyl groups is 1. The van der Waals surface area contributed by atoms with Crippen molar-refractivity contribution in [2.45, 2.75) is 32.1 Å². The maximum absolute atomic E-state index is 11.1. The minimum absolute atomic E-state index is 0.188. The van der Waals surface area contributed by atoms with Crippen LogP contribution in [0.25, 0.3) is 0 Å². The first-order chi connectivity index (χ1) is 11.6. The lowest BCUT2D eigenvalue weighted by Crippen LogP contribution is -2.01. The average molecular weight is 328 g/mol. The maximum Gasteiger partial charge on any atom is 0.339 e. The first kappa shape index (κ1) is 18.0. The fourth-order valence-corrected chi connectivity index (χ4v) is 2.67. The molecule has 0 amide bonds. The second kappa shape index (κ2) is 9.08. The third-order valence-electron chi connectivity index (χ3n) is 4.10. The summed E-state index contributed by atoms with van der Waals surface area (Å²) < 4.78 is 5.16. The fourth-order valence-electron chi connectivity index (χ4n) is 2.67. The zero-order valence-corrected chi connectivity index (χ0v) is 14.0. The van der Waals surface area contributed by atoms with E-state index in [-0.39, 0.29) is 12.2 Å². The molecular weight excluding hydrogens is 304 g/mol. The Balaban J connectivity index is 1.94. The molecule has 0 aliphatic heterocycles. The van der Waals surface area contributed by atoms with Crippen LogP contribution in [-0.4, -0.2) is 29.9 Å². The van der Waals surface area contributed by atoms with Crippen molar-refractivity contribution in [3.8, 4) is 5.75 Å². The van der Waals surface area contributed by atoms with Gasteiger partial charge in [-0.15, -0.1) is 0 Å². The smallest absolute Gasteiger partial charge is 0.339 e. The summed E-state index contributed by atoms with van der Waals surface area (Å²) in [4.78, 5) is 11.1. The van der Waals surface area contributed by atoms with Crippen molar-refractivity contribution in [2.24, 2.45) is 0 Å². The van der Waals surface area contributed by atoms with Crippen LogP contribution in [-0.2, 0) is 19.3 Å². The molecule has 0 radical (unpaired) electrons. The molecule has 24 heavy (non-hydrogen) atoms. The van der Waals surface area contributed by atoms with E-state index in [1.165, 1.54) is 18.2 Å². The zero-order valence-electron chi connectivity index (χ0n) is 14.0. The third kappa shape index (κ3) is 5.10. The number of rotatable bonds is 9. The molecule has 0 fully saturated rings. The van der Waals surface area contributed by atoms with Crippen molar-refractivity contribution in [1.82, 2.24) is 0 Å². The maximum atomic E-state index is 11.1. The molecule has 4 heteroatoms. The van der Waals surface area contributed by atoms with E-state index in [1.807, 2.05) is 6.07 Å². The molecule has 2 rings (SSSR count). The molecule has 2 aromatic rings. The number of ether oxygens (including phenoxy) is 1. The standard InChI is InChI=1S/C20H24O4/c1-24-19-14-17(11-12-18(19)20(22)23)10-9-16-7-5-15(6-8-16)4-2-3-13-21/h5-8,11-12,14,21H,2-4,9-10,13H2,1H3,(H,22,23). The lowest BCUT2D eigenvalue weighted by Gasteiger charge is -2.08. The molecular formula is C20H24O4. The van der Waals surface area contributed by atoms with Gasteiger partial charge in [-0.2, -0.15) is 0 Å². The van der Waals surface area contributed by atoms with Crippen molar-refractivity contribution in [2.75, 3.05) is 13.7 Å². The Kier molecular flexibility index (Phi) is 6.82. The van der Waals surface area contributed by atoms with Gasteiger partial charge in [0.2, 0.25) is 0 Å². The molecule has 4 nitrogen and oxygen atoms in total. The number of benzene rings is 2. The van der Waals surface area contributed by atoms with Crippen LogP contribution in [0.4, 0.5) is 0 Å². The molecule has 0 saturated carbocycles. The van der Waals surface area contributed by atoms with Gasteiger partial charge < -0.3 is 14.9 Å². The highest BCUT2D eigenvalue weighted by atomic mass is 16.5. The van der Waals surface area contributed by atoms with Crippen molar-refractivity contribution in [1.29, 1.82) is 0 Å². The van der Waals surface area contributed by atoms with E-state index >= 15 is 0 Å². The van der Waals surface area contributed by atoms with E-state index in [9.17, 15) is 4.79 Å². The molecule has 0 spiro atoms. The molecule has 0 atom stereocenters. The van der Waals surface area contributed by atoms with Crippen molar-refractivity contribution >= 4 is 5.97 Å². The minimum atomic E-state index is -0.977. The molecule has 128 valence electrons. The number of hydrogen-bond donors (Lipinski definition) is 2. The summed E-state index contributed by atoms with van der Waals surface area (Å²) in [5.41, 5.74) is 3.79. The Hall–Kier alpha value is -2.33. The summed E-state index contributed by atoms with van der Waals surface area (Å²) in [6, 6.07) is 13.8. The van der Waals surface area contributed by atoms with Gasteiger partial charge >= 0.3 is 5.97 Å². The fraction of sp³-hybridized carbons (Fsp3) is 0.350. The summed E-state index contributed by atoms with van der Waals surface area (Å²) in [5.74, 6) is -0.575. The highest BCUT2D eigenvalue weighted by molar-refractivity contribution is 5.90. The monoisotopic (exact) mass is 328 g/mol. The van der Waals surface area contributed by atoms with E-state index in [4.69, 9.17) is 14.9 Å². The molecule has 0 aliphatic rings. The number of carbonyl (C=O) groups is 1. The van der Waals surface area contributed by atoms with Crippen molar-refractivity contribution < 1.29 is 19.7 Å². The molecule has 0 aromatic heterocycles. The predicted octanol–water partition coefficient (Wildman–Crippen LogP) is 3.49. The van der Waals surface area contributed by atoms with Gasteiger partial charge in [0.1, 0.15) is 11.3 Å².